The number of phenolic OH excluding ortho intramolecular Hbond substituents is 6. The zero-order chi connectivity index (χ0) is 93.4. The van der Waals surface area contributed by atoms with Crippen molar-refractivity contribution in [1.29, 1.82) is 0 Å². The Morgan fingerprint density at radius 2 is 0.700 bits per heavy atom. The highest BCUT2D eigenvalue weighted by Crippen LogP contribution is 2.80. The number of rotatable bonds is 7. The first-order chi connectivity index (χ1) is 60.8. The zero-order valence-electron chi connectivity index (χ0n) is 80.0. The van der Waals surface area contributed by atoms with Gasteiger partial charge in [-0.15, -0.1) is 0 Å². The van der Waals surface area contributed by atoms with E-state index < -0.39 is 34.2 Å². The summed E-state index contributed by atoms with van der Waals surface area (Å²) in [5.74, 6) is -2.31. The standard InChI is InChI=1S/C38H47NO5.C38H47NO4.C37H44FNO4/c1-21-30-24(25-19-39-31-22(20-40)8-7-9-23(25)31)16-28-36(4,26(30)17-27(41)32(21)42)13-15-38(6)29-18-35(3,33(43)44)11-10-34(29,2)12-14-37(28,38)5;1-21-9-8-10-23-25(20-39-31(21)23)24-17-28-36(5,26-18-27(40)32(41)22(2)30(24)26)14-16-38(7)29-19-35(4,33(42)43)12-11-34(29,3)13-15-37(28,38)6;1-20-30-23(24-19-39-26-15-21(38)7-8-22(24)26)16-28-35(4,25(30)17-27(40)31(20)41)12-14-37(6)29-18-34(3,32(42)43)10-9-33(29,2)11-13-36(28,37)5/h7-9,16-17,19,24,29,39-42H,10-15,18,20H2,1-6H3,(H,43,44);8-10,17-18,20,24,29,39-41H,11-16,19H2,1-7H3,(H,42,43);7-8,15-17,19,23,29,39-41H,9-14,18H2,1-6H3,(H,42,43)/t2*24-,29+,34+,35+,36-,37+,38-;23-,29+,33+,34+,35-,36+,37-/m000/s1. The number of aryl methyl sites for hydroxylation is 1. The quantitative estimate of drug-likeness (QED) is 0.0522. The van der Waals surface area contributed by atoms with Gasteiger partial charge in [-0.05, 0) is 359 Å². The first-order valence-corrected chi connectivity index (χ1v) is 48.4. The molecule has 17 heteroatoms. The third-order valence-electron chi connectivity index (χ3n) is 41.5. The number of nitrogens with one attached hydrogen (secondary N) is 3. The van der Waals surface area contributed by atoms with E-state index in [2.05, 4.69) is 154 Å². The van der Waals surface area contributed by atoms with E-state index in [1.165, 1.54) is 45.4 Å². The van der Waals surface area contributed by atoms with Gasteiger partial charge in [-0.25, -0.2) is 4.39 Å². The molecule has 3 heterocycles. The maximum atomic E-state index is 14.2. The Kier molecular flexibility index (Phi) is 19.9. The molecule has 13 N–H and O–H groups in total. The molecule has 0 saturated heterocycles. The molecule has 0 spiro atoms. The van der Waals surface area contributed by atoms with Gasteiger partial charge in [-0.3, -0.25) is 14.4 Å². The lowest BCUT2D eigenvalue weighted by molar-refractivity contribution is -0.177. The molecule has 130 heavy (non-hydrogen) atoms. The Labute approximate surface area is 765 Å². The number of carbonyl (C=O) groups is 3. The van der Waals surface area contributed by atoms with Gasteiger partial charge in [0, 0.05) is 85.3 Å². The minimum Gasteiger partial charge on any atom is -0.504 e. The van der Waals surface area contributed by atoms with Gasteiger partial charge in [0.1, 0.15) is 5.82 Å². The van der Waals surface area contributed by atoms with Gasteiger partial charge >= 0.3 is 17.9 Å². The minimum atomic E-state index is -0.720. The van der Waals surface area contributed by atoms with Crippen LogP contribution in [0.2, 0.25) is 0 Å². The summed E-state index contributed by atoms with van der Waals surface area (Å²) in [6, 6.07) is 22.7. The summed E-state index contributed by atoms with van der Waals surface area (Å²) in [4.78, 5) is 47.9. The van der Waals surface area contributed by atoms with Gasteiger partial charge in [0.2, 0.25) is 0 Å². The summed E-state index contributed by atoms with van der Waals surface area (Å²) in [6.45, 7) is 42.6. The number of halogens is 1. The molecule has 0 aliphatic heterocycles. The number of aliphatic hydroxyl groups is 1. The highest BCUT2D eigenvalue weighted by atomic mass is 19.1. The molecular formula is C113H138FN3O13. The molecule has 12 aliphatic carbocycles. The summed E-state index contributed by atoms with van der Waals surface area (Å²) in [6.07, 6.45) is 32.7. The Balaban J connectivity index is 0.000000126. The van der Waals surface area contributed by atoms with Crippen LogP contribution in [0.5, 0.6) is 34.5 Å². The fraction of sp³-hybridized carbons (Fsp3) is 0.549. The number of aromatic nitrogens is 3. The number of aromatic hydroxyl groups is 6. The first kappa shape index (κ1) is 89.5. The molecule has 16 nitrogen and oxygen atoms in total. The van der Waals surface area contributed by atoms with E-state index in [1.54, 1.807) is 6.07 Å². The maximum absolute atomic E-state index is 14.2. The van der Waals surface area contributed by atoms with Crippen molar-refractivity contribution in [2.45, 2.75) is 307 Å². The largest absolute Gasteiger partial charge is 0.504 e. The number of benzene rings is 6. The van der Waals surface area contributed by atoms with Gasteiger partial charge in [0.25, 0.3) is 0 Å². The fourth-order valence-corrected chi connectivity index (χ4v) is 32.1. The van der Waals surface area contributed by atoms with Gasteiger partial charge < -0.3 is 66.0 Å². The molecule has 12 aliphatic rings. The molecular weight excluding hydrogens is 1630 g/mol. The van der Waals surface area contributed by atoms with Crippen LogP contribution in [0.25, 0.3) is 32.7 Å². The monoisotopic (exact) mass is 1760 g/mol. The van der Waals surface area contributed by atoms with E-state index in [1.807, 2.05) is 84.3 Å². The molecule has 6 aromatic carbocycles. The highest BCUT2D eigenvalue weighted by Gasteiger charge is 2.72. The van der Waals surface area contributed by atoms with E-state index >= 15 is 0 Å². The molecule has 0 radical (unpaired) electrons. The number of aromatic amines is 3. The van der Waals surface area contributed by atoms with E-state index in [0.29, 0.717) is 29.9 Å². The molecule has 0 unspecified atom stereocenters. The lowest BCUT2D eigenvalue weighted by Crippen LogP contribution is -2.62. The van der Waals surface area contributed by atoms with Crippen LogP contribution in [-0.2, 0) is 37.2 Å². The third kappa shape index (κ3) is 11.9. The minimum absolute atomic E-state index is 0.0318. The van der Waals surface area contributed by atoms with Crippen LogP contribution < -0.4 is 0 Å². The van der Waals surface area contributed by atoms with Crippen molar-refractivity contribution in [3.8, 4) is 34.5 Å². The summed E-state index contributed by atoms with van der Waals surface area (Å²) < 4.78 is 14.2. The maximum Gasteiger partial charge on any atom is 0.309 e. The molecule has 0 bridgehead atoms. The molecule has 9 fully saturated rings. The van der Waals surface area contributed by atoms with Crippen molar-refractivity contribution in [1.82, 2.24) is 15.0 Å². The molecule has 9 aromatic rings. The van der Waals surface area contributed by atoms with E-state index in [9.17, 15) is 69.8 Å². The van der Waals surface area contributed by atoms with Crippen LogP contribution in [-0.4, -0.2) is 83.9 Å². The van der Waals surface area contributed by atoms with Crippen molar-refractivity contribution < 1.29 is 69.8 Å². The average Bonchev–Trinajstić information content (AvgIpc) is 0.953. The molecule has 21 rings (SSSR count). The van der Waals surface area contributed by atoms with E-state index in [0.717, 1.165) is 205 Å². The Morgan fingerprint density at radius 3 is 1.05 bits per heavy atom. The van der Waals surface area contributed by atoms with Crippen LogP contribution in [0.3, 0.4) is 0 Å². The van der Waals surface area contributed by atoms with Crippen LogP contribution >= 0.6 is 0 Å². The van der Waals surface area contributed by atoms with Gasteiger partial charge in [-0.2, -0.15) is 0 Å². The first-order valence-electron chi connectivity index (χ1n) is 48.4. The van der Waals surface area contributed by atoms with Crippen LogP contribution in [0.15, 0.2) is 126 Å². The fourth-order valence-electron chi connectivity index (χ4n) is 32.1. The van der Waals surface area contributed by atoms with E-state index in [-0.39, 0.29) is 141 Å². The topological polar surface area (TPSA) is 301 Å². The normalized spacial score (nSPS) is 38.2. The van der Waals surface area contributed by atoms with Crippen LogP contribution in [0.4, 0.5) is 4.39 Å². The lowest BCUT2D eigenvalue weighted by atomic mass is 9.34. The summed E-state index contributed by atoms with van der Waals surface area (Å²) in [5.41, 5.74) is 17.3. The van der Waals surface area contributed by atoms with Gasteiger partial charge in [0.15, 0.2) is 34.5 Å². The predicted molar refractivity (Wildman–Crippen MR) is 508 cm³/mol. The molecule has 690 valence electrons. The van der Waals surface area contributed by atoms with Crippen molar-refractivity contribution in [3.05, 3.63) is 210 Å². The Morgan fingerprint density at radius 1 is 0.377 bits per heavy atom. The molecule has 21 atom stereocenters. The number of aliphatic hydroxyl groups excluding tert-OH is 1. The summed E-state index contributed by atoms with van der Waals surface area (Å²) in [5, 5.41) is 110. The zero-order valence-corrected chi connectivity index (χ0v) is 80.0. The lowest BCUT2D eigenvalue weighted by Gasteiger charge is -2.70. The number of para-hydroxylation sites is 2. The molecule has 9 saturated carbocycles. The number of aliphatic carboxylic acids is 3. The predicted octanol–water partition coefficient (Wildman–Crippen LogP) is 26.1. The van der Waals surface area contributed by atoms with Crippen LogP contribution in [0.1, 0.15) is 334 Å². The Bertz CT molecular complexity index is 6440. The number of phenols is 6. The number of carboxylic acids is 3. The van der Waals surface area contributed by atoms with Crippen molar-refractivity contribution >= 4 is 50.6 Å². The second-order valence-electron chi connectivity index (χ2n) is 47.7. The van der Waals surface area contributed by atoms with Crippen molar-refractivity contribution in [3.63, 3.8) is 0 Å². The number of hydrogen-bond acceptors (Lipinski definition) is 10. The number of fused-ring (bicyclic) bond motifs is 24. The van der Waals surface area contributed by atoms with Crippen LogP contribution in [0, 0.1) is 116 Å². The highest BCUT2D eigenvalue weighted by molar-refractivity contribution is 5.90. The van der Waals surface area contributed by atoms with Gasteiger partial charge in [0.05, 0.1) is 28.4 Å². The smallest absolute Gasteiger partial charge is 0.309 e. The molecule has 3 aromatic heterocycles. The summed E-state index contributed by atoms with van der Waals surface area (Å²) >= 11 is 0. The molecule has 0 amide bonds. The second kappa shape index (κ2) is 28.9. The number of H-pyrrole nitrogens is 3. The van der Waals surface area contributed by atoms with Gasteiger partial charge in [-0.1, -0.05) is 154 Å². The number of carboxylic acid groups (broad SMARTS) is 3. The second-order valence-corrected chi connectivity index (χ2v) is 47.7. The summed E-state index contributed by atoms with van der Waals surface area (Å²) in [7, 11) is 0. The number of allylic oxidation sites excluding steroid dienone is 6. The Hall–Kier alpha value is -9.74. The van der Waals surface area contributed by atoms with Crippen molar-refractivity contribution in [2.24, 2.45) is 82.7 Å². The van der Waals surface area contributed by atoms with Crippen molar-refractivity contribution in [2.75, 3.05) is 0 Å². The SMILES string of the molecule is Cc1c(O)c(O)cc2c1[C@H](c1c[nH]c3c(C)cccc13)C=C1[C@@]2(C)CC[C@@]2(C)[C@@H]3C[C@](C)(C(=O)O)CC[C@]3(C)CC[C@]12C.Cc1c(O)c(O)cc2c1[C@H](c1c[nH]c3c(CO)cccc13)C=C1[C@@]2(C)CC[C@@]2(C)[C@@H]3C[C@](C)(C(=O)O)CC[C@]3(C)CC[C@]12C.Cc1c(O)c(O)cc2c1[C@H](c1c[nH]c3cc(F)ccc13)C=C1[C@@]2(C)CC[C@@]2(C)[C@@H]3C[C@](C)(C(=O)O)CC[C@]3(C)CC[C@]12C. The average molecular weight is 1770 g/mol. The third-order valence-corrected chi connectivity index (χ3v) is 41.5. The number of hydrogen-bond donors (Lipinski definition) is 13. The van der Waals surface area contributed by atoms with E-state index in [4.69, 9.17) is 0 Å².